The van der Waals surface area contributed by atoms with Crippen molar-refractivity contribution in [2.45, 2.75) is 19.0 Å². The minimum atomic E-state index is -4.20. The van der Waals surface area contributed by atoms with Crippen molar-refractivity contribution in [3.05, 3.63) is 0 Å². The van der Waals surface area contributed by atoms with E-state index < -0.39 is 23.4 Å². The van der Waals surface area contributed by atoms with E-state index in [2.05, 4.69) is 0 Å². The Morgan fingerprint density at radius 3 is 2.25 bits per heavy atom. The van der Waals surface area contributed by atoms with Gasteiger partial charge in [-0.15, -0.1) is 11.6 Å². The lowest BCUT2D eigenvalue weighted by Gasteiger charge is -2.04. The molecule has 6 heteroatoms. The Morgan fingerprint density at radius 1 is 1.25 bits per heavy atom. The minimum Gasteiger partial charge on any atom is -0.260 e. The maximum Gasteiger partial charge on any atom is 0.390 e. The van der Waals surface area contributed by atoms with Crippen LogP contribution < -0.4 is 0 Å². The second-order valence-electron chi connectivity index (χ2n) is 2.26. The summed E-state index contributed by atoms with van der Waals surface area (Å²) in [6, 6.07) is 0. The molecule has 0 saturated heterocycles. The molecule has 0 saturated carbocycles. The Balaban J connectivity index is 3.44. The smallest absolute Gasteiger partial charge is 0.260 e. The Labute approximate surface area is 76.7 Å². The van der Waals surface area contributed by atoms with Gasteiger partial charge in [-0.1, -0.05) is 0 Å². The zero-order chi connectivity index (χ0) is 9.61. The van der Waals surface area contributed by atoms with Crippen molar-refractivity contribution in [2.24, 2.45) is 0 Å². The number of hydrogen-bond acceptors (Lipinski definition) is 1. The van der Waals surface area contributed by atoms with Crippen molar-refractivity contribution < 1.29 is 17.4 Å². The fraction of sp³-hybridized carbons (Fsp3) is 1.00. The van der Waals surface area contributed by atoms with Crippen LogP contribution in [0.15, 0.2) is 0 Å². The van der Waals surface area contributed by atoms with Crippen LogP contribution in [0.25, 0.3) is 0 Å². The van der Waals surface area contributed by atoms with Crippen LogP contribution in [0, 0.1) is 0 Å². The standard InChI is InChI=1S/C6H10ClF3OS/c7-3-1-4-12(11)5-2-6(8,9)10/h1-5H2/t12-/m0/s1. The molecule has 0 aliphatic heterocycles. The maximum atomic E-state index is 11.6. The fourth-order valence-electron chi connectivity index (χ4n) is 0.547. The molecule has 0 N–H and O–H groups in total. The number of rotatable bonds is 5. The van der Waals surface area contributed by atoms with Crippen LogP contribution in [0.4, 0.5) is 13.2 Å². The molecule has 1 nitrogen and oxygen atoms in total. The molecule has 0 bridgehead atoms. The van der Waals surface area contributed by atoms with Crippen LogP contribution in [0.5, 0.6) is 0 Å². The molecule has 0 fully saturated rings. The summed E-state index contributed by atoms with van der Waals surface area (Å²) >= 11 is 5.28. The molecule has 0 heterocycles. The average Bonchev–Trinajstić information content (AvgIpc) is 1.95. The van der Waals surface area contributed by atoms with Gasteiger partial charge in [0.05, 0.1) is 6.42 Å². The molecule has 0 aliphatic carbocycles. The first-order valence-corrected chi connectivity index (χ1v) is 5.45. The molecule has 0 aromatic heterocycles. The highest BCUT2D eigenvalue weighted by Crippen LogP contribution is 2.19. The normalized spacial score (nSPS) is 14.7. The molecule has 0 aromatic carbocycles. The van der Waals surface area contributed by atoms with Crippen molar-refractivity contribution >= 4 is 22.4 Å². The molecule has 0 spiro atoms. The molecular weight excluding hydrogens is 213 g/mol. The van der Waals surface area contributed by atoms with Gasteiger partial charge in [-0.05, 0) is 6.42 Å². The molecule has 74 valence electrons. The zero-order valence-corrected chi connectivity index (χ0v) is 7.94. The first-order chi connectivity index (χ1) is 5.45. The summed E-state index contributed by atoms with van der Waals surface area (Å²) in [6.45, 7) is 0. The second kappa shape index (κ2) is 5.80. The van der Waals surface area contributed by atoms with Gasteiger partial charge in [0, 0.05) is 28.2 Å². The van der Waals surface area contributed by atoms with E-state index in [0.717, 1.165) is 0 Å². The maximum absolute atomic E-state index is 11.6. The minimum absolute atomic E-state index is 0.263. The van der Waals surface area contributed by atoms with Gasteiger partial charge >= 0.3 is 6.18 Å². The van der Waals surface area contributed by atoms with E-state index in [9.17, 15) is 17.4 Å². The molecule has 0 unspecified atom stereocenters. The topological polar surface area (TPSA) is 17.1 Å². The first kappa shape index (κ1) is 12.2. The first-order valence-electron chi connectivity index (χ1n) is 3.43. The predicted molar refractivity (Wildman–Crippen MR) is 43.9 cm³/mol. The van der Waals surface area contributed by atoms with E-state index in [4.69, 9.17) is 11.6 Å². The second-order valence-corrected chi connectivity index (χ2v) is 4.33. The molecule has 0 amide bonds. The summed E-state index contributed by atoms with van der Waals surface area (Å²) in [5.41, 5.74) is 0. The van der Waals surface area contributed by atoms with Crippen molar-refractivity contribution in [1.82, 2.24) is 0 Å². The summed E-state index contributed by atoms with van der Waals surface area (Å²) in [5, 5.41) is 0. The highest BCUT2D eigenvalue weighted by molar-refractivity contribution is 7.84. The van der Waals surface area contributed by atoms with Gasteiger partial charge in [0.2, 0.25) is 0 Å². The summed E-state index contributed by atoms with van der Waals surface area (Å²) in [7, 11) is -1.37. The Hall–Kier alpha value is 0.230. The van der Waals surface area contributed by atoms with E-state index in [-0.39, 0.29) is 11.5 Å². The SMILES string of the molecule is O=[S@@](CCCCl)CCC(F)(F)F. The Morgan fingerprint density at radius 2 is 1.83 bits per heavy atom. The summed E-state index contributed by atoms with van der Waals surface area (Å²) in [5.74, 6) is 0.303. The Bertz CT molecular complexity index is 148. The van der Waals surface area contributed by atoms with Gasteiger partial charge in [-0.25, -0.2) is 0 Å². The quantitative estimate of drug-likeness (QED) is 0.653. The van der Waals surface area contributed by atoms with Gasteiger partial charge < -0.3 is 0 Å². The van der Waals surface area contributed by atoms with Crippen molar-refractivity contribution in [3.8, 4) is 0 Å². The molecule has 0 radical (unpaired) electrons. The van der Waals surface area contributed by atoms with E-state index in [0.29, 0.717) is 12.3 Å². The highest BCUT2D eigenvalue weighted by Gasteiger charge is 2.27. The van der Waals surface area contributed by atoms with Gasteiger partial charge in [-0.2, -0.15) is 13.2 Å². The predicted octanol–water partition coefficient (Wildman–Crippen LogP) is 2.32. The third kappa shape index (κ3) is 8.33. The highest BCUT2D eigenvalue weighted by atomic mass is 35.5. The van der Waals surface area contributed by atoms with Crippen LogP contribution in [-0.4, -0.2) is 27.8 Å². The fourth-order valence-corrected chi connectivity index (χ4v) is 1.97. The van der Waals surface area contributed by atoms with Crippen LogP contribution >= 0.6 is 11.6 Å². The van der Waals surface area contributed by atoms with Crippen LogP contribution in [-0.2, 0) is 10.8 Å². The van der Waals surface area contributed by atoms with E-state index in [1.165, 1.54) is 0 Å². The lowest BCUT2D eigenvalue weighted by Crippen LogP contribution is -2.14. The molecule has 1 atom stereocenters. The van der Waals surface area contributed by atoms with Gasteiger partial charge in [0.1, 0.15) is 0 Å². The number of halogens is 4. The van der Waals surface area contributed by atoms with Crippen molar-refractivity contribution in [1.29, 1.82) is 0 Å². The summed E-state index contributed by atoms with van der Waals surface area (Å²) in [4.78, 5) is 0. The largest absolute Gasteiger partial charge is 0.390 e. The van der Waals surface area contributed by atoms with Crippen molar-refractivity contribution in [2.75, 3.05) is 17.4 Å². The van der Waals surface area contributed by atoms with Crippen LogP contribution in [0.3, 0.4) is 0 Å². The molecule has 0 aromatic rings. The molecule has 0 rings (SSSR count). The monoisotopic (exact) mass is 222 g/mol. The third-order valence-electron chi connectivity index (χ3n) is 1.12. The molecule has 12 heavy (non-hydrogen) atoms. The summed E-state index contributed by atoms with van der Waals surface area (Å²) in [6.07, 6.45) is -4.66. The van der Waals surface area contributed by atoms with Gasteiger partial charge in [0.25, 0.3) is 0 Å². The lowest BCUT2D eigenvalue weighted by molar-refractivity contribution is -0.129. The zero-order valence-electron chi connectivity index (χ0n) is 6.36. The number of hydrogen-bond donors (Lipinski definition) is 0. The Kier molecular flexibility index (Phi) is 5.92. The third-order valence-corrected chi connectivity index (χ3v) is 2.79. The van der Waals surface area contributed by atoms with E-state index in [1.54, 1.807) is 0 Å². The molecule has 0 aliphatic rings. The summed E-state index contributed by atoms with van der Waals surface area (Å²) < 4.78 is 45.5. The van der Waals surface area contributed by atoms with Crippen LogP contribution in [0.2, 0.25) is 0 Å². The number of alkyl halides is 4. The van der Waals surface area contributed by atoms with Crippen molar-refractivity contribution in [3.63, 3.8) is 0 Å². The van der Waals surface area contributed by atoms with Gasteiger partial charge in [0.15, 0.2) is 0 Å². The van der Waals surface area contributed by atoms with E-state index >= 15 is 0 Å². The van der Waals surface area contributed by atoms with Crippen LogP contribution in [0.1, 0.15) is 12.8 Å². The molecular formula is C6H10ClF3OS. The van der Waals surface area contributed by atoms with E-state index in [1.807, 2.05) is 0 Å². The average molecular weight is 223 g/mol. The van der Waals surface area contributed by atoms with Gasteiger partial charge in [-0.3, -0.25) is 4.21 Å². The lowest BCUT2D eigenvalue weighted by atomic mass is 10.5.